The Hall–Kier alpha value is -3.47. The quantitative estimate of drug-likeness (QED) is 0.401. The van der Waals surface area contributed by atoms with Crippen molar-refractivity contribution in [2.75, 3.05) is 25.4 Å². The van der Waals surface area contributed by atoms with Crippen LogP contribution < -0.4 is 11.1 Å². The number of carbonyl (C=O) groups excluding carboxylic acids is 2. The van der Waals surface area contributed by atoms with Gasteiger partial charge in [-0.25, -0.2) is 19.7 Å². The number of fused-ring (bicyclic) bond motifs is 1. The first kappa shape index (κ1) is 26.6. The number of nitrogen functional groups attached to an aromatic ring is 1. The molecule has 2 aliphatic rings. The molecule has 200 valence electrons. The van der Waals surface area contributed by atoms with Gasteiger partial charge < -0.3 is 35.6 Å². The third kappa shape index (κ3) is 5.76. The maximum Gasteiger partial charge on any atom is 0.410 e. The number of likely N-dealkylation sites (tertiary alicyclic amines) is 1. The number of aromatic nitrogens is 4. The maximum atomic E-state index is 12.2. The van der Waals surface area contributed by atoms with E-state index in [1.165, 1.54) is 10.9 Å². The molecule has 4 atom stereocenters. The summed E-state index contributed by atoms with van der Waals surface area (Å²) in [6, 6.07) is 0. The molecule has 13 nitrogen and oxygen atoms in total. The molecule has 0 spiro atoms. The van der Waals surface area contributed by atoms with Crippen LogP contribution in [0.25, 0.3) is 11.2 Å². The van der Waals surface area contributed by atoms with Gasteiger partial charge in [-0.1, -0.05) is 5.92 Å². The normalized spacial score (nSPS) is 24.2. The van der Waals surface area contributed by atoms with Crippen LogP contribution in [0.5, 0.6) is 0 Å². The number of imidazole rings is 1. The van der Waals surface area contributed by atoms with E-state index in [1.54, 1.807) is 11.8 Å². The van der Waals surface area contributed by atoms with E-state index in [4.69, 9.17) is 15.2 Å². The number of aliphatic hydroxyl groups is 2. The Morgan fingerprint density at radius 3 is 2.68 bits per heavy atom. The topological polar surface area (TPSA) is 178 Å². The number of nitrogens with zero attached hydrogens (tertiary/aromatic N) is 5. The van der Waals surface area contributed by atoms with Crippen molar-refractivity contribution in [1.82, 2.24) is 29.7 Å². The van der Waals surface area contributed by atoms with Crippen LogP contribution in [0.1, 0.15) is 52.1 Å². The van der Waals surface area contributed by atoms with Gasteiger partial charge in [0.25, 0.3) is 5.91 Å². The highest BCUT2D eigenvalue weighted by atomic mass is 16.6. The van der Waals surface area contributed by atoms with Crippen molar-refractivity contribution in [2.45, 2.75) is 70.7 Å². The predicted molar refractivity (Wildman–Crippen MR) is 132 cm³/mol. The molecule has 2 saturated heterocycles. The van der Waals surface area contributed by atoms with E-state index in [9.17, 15) is 19.8 Å². The summed E-state index contributed by atoms with van der Waals surface area (Å²) in [5.74, 6) is 6.14. The number of ether oxygens (including phenoxy) is 2. The SMILES string of the molecule is CCNC(=O)[C@H]1O[C@@H](n2cnc3c(N)nc(C#CCC4CCN(C(=O)OC(C)C)CC4)nc32)[C@@H](O)[C@@H]1O. The highest BCUT2D eigenvalue weighted by molar-refractivity contribution is 5.83. The van der Waals surface area contributed by atoms with Crippen LogP contribution in [0.2, 0.25) is 0 Å². The number of hydrogen-bond donors (Lipinski definition) is 4. The van der Waals surface area contributed by atoms with E-state index in [1.807, 2.05) is 13.8 Å². The first-order valence-electron chi connectivity index (χ1n) is 12.4. The fourth-order valence-corrected chi connectivity index (χ4v) is 4.43. The van der Waals surface area contributed by atoms with Gasteiger partial charge in [0.15, 0.2) is 23.8 Å². The standard InChI is InChI=1S/C24H33N7O6/c1-4-26-22(34)19-17(32)18(33)23(37-19)31-12-27-16-20(25)28-15(29-21(16)31)7-5-6-14-8-10-30(11-9-14)24(35)36-13(2)3/h12-14,17-19,23,32-33H,4,6,8-11H2,1-3H3,(H,26,34)(H2,25,28,29)/t17-,18-,19-,23+/m0/s1. The minimum atomic E-state index is -1.42. The van der Waals surface area contributed by atoms with Crippen LogP contribution in [0.3, 0.4) is 0 Å². The molecule has 0 unspecified atom stereocenters. The third-order valence-electron chi connectivity index (χ3n) is 6.37. The number of anilines is 1. The van der Waals surface area contributed by atoms with Crippen LogP contribution in [0.15, 0.2) is 6.33 Å². The average molecular weight is 516 g/mol. The second-order valence-corrected chi connectivity index (χ2v) is 9.45. The Kier molecular flexibility index (Phi) is 8.11. The van der Waals surface area contributed by atoms with Crippen molar-refractivity contribution >= 4 is 29.0 Å². The molecule has 2 amide bonds. The smallest absolute Gasteiger partial charge is 0.410 e. The number of aliphatic hydroxyl groups excluding tert-OH is 2. The summed E-state index contributed by atoms with van der Waals surface area (Å²) in [6.07, 6.45) is -1.97. The van der Waals surface area contributed by atoms with E-state index < -0.39 is 30.4 Å². The van der Waals surface area contributed by atoms with Crippen molar-refractivity contribution in [3.05, 3.63) is 12.2 Å². The van der Waals surface area contributed by atoms with Crippen molar-refractivity contribution in [3.63, 3.8) is 0 Å². The van der Waals surface area contributed by atoms with Crippen molar-refractivity contribution < 1.29 is 29.3 Å². The minimum Gasteiger partial charge on any atom is -0.447 e. The van der Waals surface area contributed by atoms with Gasteiger partial charge in [0.2, 0.25) is 5.82 Å². The second-order valence-electron chi connectivity index (χ2n) is 9.45. The van der Waals surface area contributed by atoms with Gasteiger partial charge in [-0.2, -0.15) is 0 Å². The van der Waals surface area contributed by atoms with E-state index >= 15 is 0 Å². The van der Waals surface area contributed by atoms with Gasteiger partial charge in [0, 0.05) is 26.1 Å². The van der Waals surface area contributed by atoms with Crippen LogP contribution in [0, 0.1) is 17.8 Å². The molecule has 0 saturated carbocycles. The Labute approximate surface area is 214 Å². The van der Waals surface area contributed by atoms with Crippen molar-refractivity contribution in [2.24, 2.45) is 5.92 Å². The van der Waals surface area contributed by atoms with E-state index in [0.29, 0.717) is 32.0 Å². The Bertz CT molecular complexity index is 1200. The van der Waals surface area contributed by atoms with Crippen LogP contribution in [-0.4, -0.2) is 90.7 Å². The largest absolute Gasteiger partial charge is 0.447 e. The fraction of sp³-hybridized carbons (Fsp3) is 0.625. The molecule has 4 rings (SSSR count). The predicted octanol–water partition coefficient (Wildman–Crippen LogP) is 0.162. The first-order chi connectivity index (χ1) is 17.7. The Morgan fingerprint density at radius 2 is 2.00 bits per heavy atom. The van der Waals surface area contributed by atoms with E-state index in [2.05, 4.69) is 32.1 Å². The summed E-state index contributed by atoms with van der Waals surface area (Å²) in [5.41, 5.74) is 6.63. The van der Waals surface area contributed by atoms with Gasteiger partial charge in [-0.15, -0.1) is 0 Å². The molecule has 13 heteroatoms. The van der Waals surface area contributed by atoms with Crippen LogP contribution in [0.4, 0.5) is 10.6 Å². The van der Waals surface area contributed by atoms with E-state index in [-0.39, 0.29) is 35.0 Å². The van der Waals surface area contributed by atoms with Gasteiger partial charge >= 0.3 is 6.09 Å². The van der Waals surface area contributed by atoms with Gasteiger partial charge in [-0.3, -0.25) is 9.36 Å². The summed E-state index contributed by atoms with van der Waals surface area (Å²) in [7, 11) is 0. The molecule has 5 N–H and O–H groups in total. The average Bonchev–Trinajstić information content (AvgIpc) is 3.40. The molecule has 2 aromatic rings. The highest BCUT2D eigenvalue weighted by Gasteiger charge is 2.47. The number of likely N-dealkylation sites (N-methyl/N-ethyl adjacent to an activating group) is 1. The zero-order chi connectivity index (χ0) is 26.7. The molecule has 0 aliphatic carbocycles. The summed E-state index contributed by atoms with van der Waals surface area (Å²) >= 11 is 0. The minimum absolute atomic E-state index is 0.110. The van der Waals surface area contributed by atoms with Crippen molar-refractivity contribution in [3.8, 4) is 11.8 Å². The van der Waals surface area contributed by atoms with Gasteiger partial charge in [0.05, 0.1) is 12.4 Å². The lowest BCUT2D eigenvalue weighted by atomic mass is 9.94. The molecule has 0 radical (unpaired) electrons. The number of rotatable bonds is 5. The lowest BCUT2D eigenvalue weighted by molar-refractivity contribution is -0.137. The molecule has 2 fully saturated rings. The Balaban J connectivity index is 1.45. The number of carbonyl (C=O) groups is 2. The molecule has 2 aliphatic heterocycles. The monoisotopic (exact) mass is 515 g/mol. The van der Waals surface area contributed by atoms with Crippen LogP contribution in [-0.2, 0) is 14.3 Å². The number of hydrogen-bond acceptors (Lipinski definition) is 10. The zero-order valence-corrected chi connectivity index (χ0v) is 21.1. The molecule has 37 heavy (non-hydrogen) atoms. The lowest BCUT2D eigenvalue weighted by Gasteiger charge is -2.31. The van der Waals surface area contributed by atoms with E-state index in [0.717, 1.165) is 12.8 Å². The van der Waals surface area contributed by atoms with Gasteiger partial charge in [0.1, 0.15) is 17.7 Å². The zero-order valence-electron chi connectivity index (χ0n) is 21.1. The molecule has 2 aromatic heterocycles. The molecule has 0 bridgehead atoms. The number of amides is 2. The summed E-state index contributed by atoms with van der Waals surface area (Å²) < 4.78 is 12.3. The summed E-state index contributed by atoms with van der Waals surface area (Å²) in [6.45, 7) is 7.00. The number of nitrogens with two attached hydrogens (primary N) is 1. The van der Waals surface area contributed by atoms with Crippen LogP contribution >= 0.6 is 0 Å². The second kappa shape index (κ2) is 11.3. The molecular weight excluding hydrogens is 482 g/mol. The summed E-state index contributed by atoms with van der Waals surface area (Å²) in [5, 5.41) is 23.5. The Morgan fingerprint density at radius 1 is 1.27 bits per heavy atom. The lowest BCUT2D eigenvalue weighted by Crippen LogP contribution is -2.42. The third-order valence-corrected chi connectivity index (χ3v) is 6.37. The number of piperidine rings is 1. The first-order valence-corrected chi connectivity index (χ1v) is 12.4. The highest BCUT2D eigenvalue weighted by Crippen LogP contribution is 2.32. The number of nitrogens with one attached hydrogen (secondary N) is 1. The van der Waals surface area contributed by atoms with Crippen molar-refractivity contribution in [1.29, 1.82) is 0 Å². The molecule has 4 heterocycles. The van der Waals surface area contributed by atoms with Gasteiger partial charge in [-0.05, 0) is 45.5 Å². The fourth-order valence-electron chi connectivity index (χ4n) is 4.43. The maximum absolute atomic E-state index is 12.2. The molecular formula is C24H33N7O6. The molecule has 0 aromatic carbocycles. The summed E-state index contributed by atoms with van der Waals surface area (Å²) in [4.78, 5) is 38.9.